The minimum atomic E-state index is -0.582. The summed E-state index contributed by atoms with van der Waals surface area (Å²) in [6, 6.07) is 0. The normalized spacial score (nSPS) is 22.4. The number of nitrogens with zero attached hydrogens (tertiary/aromatic N) is 2. The number of oxime groups is 1. The highest BCUT2D eigenvalue weighted by atomic mass is 16.6. The molecule has 0 aromatic carbocycles. The third-order valence-electron chi connectivity index (χ3n) is 2.16. The van der Waals surface area contributed by atoms with Crippen molar-refractivity contribution in [3.63, 3.8) is 0 Å². The monoisotopic (exact) mass is 245 g/mol. The summed E-state index contributed by atoms with van der Waals surface area (Å²) in [5, 5.41) is 11.4. The molecule has 7 heteroatoms. The molecule has 1 rings (SSSR count). The molecular weight excluding hydrogens is 226 g/mol. The van der Waals surface area contributed by atoms with E-state index in [4.69, 9.17) is 20.4 Å². The van der Waals surface area contributed by atoms with Gasteiger partial charge in [-0.2, -0.15) is 0 Å². The molecule has 1 amide bonds. The summed E-state index contributed by atoms with van der Waals surface area (Å²) >= 11 is 0. The van der Waals surface area contributed by atoms with E-state index in [-0.39, 0.29) is 12.4 Å². The van der Waals surface area contributed by atoms with E-state index >= 15 is 0 Å². The molecule has 7 nitrogen and oxygen atoms in total. The molecule has 1 atom stereocenters. The number of nitrogens with two attached hydrogens (primary N) is 1. The smallest absolute Gasteiger partial charge is 0.410 e. The van der Waals surface area contributed by atoms with Gasteiger partial charge in [0.1, 0.15) is 11.7 Å². The molecule has 1 aliphatic rings. The van der Waals surface area contributed by atoms with Crippen LogP contribution in [0.15, 0.2) is 5.16 Å². The van der Waals surface area contributed by atoms with Crippen molar-refractivity contribution in [2.45, 2.75) is 32.5 Å². The Bertz CT molecular complexity index is 311. The van der Waals surface area contributed by atoms with Crippen LogP contribution in [0.3, 0.4) is 0 Å². The summed E-state index contributed by atoms with van der Waals surface area (Å²) in [6.07, 6.45) is -1.00. The largest absolute Gasteiger partial charge is 0.444 e. The number of rotatable bonds is 1. The number of hydrogen-bond acceptors (Lipinski definition) is 5. The first-order chi connectivity index (χ1) is 7.83. The summed E-state index contributed by atoms with van der Waals surface area (Å²) in [4.78, 5) is 13.3. The van der Waals surface area contributed by atoms with E-state index in [0.29, 0.717) is 13.2 Å². The molecule has 0 aromatic rings. The second kappa shape index (κ2) is 5.22. The average molecular weight is 245 g/mol. The van der Waals surface area contributed by atoms with Crippen LogP contribution < -0.4 is 5.73 Å². The zero-order valence-corrected chi connectivity index (χ0v) is 10.3. The number of ether oxygens (including phenoxy) is 2. The zero-order chi connectivity index (χ0) is 13.1. The van der Waals surface area contributed by atoms with Gasteiger partial charge in [0, 0.05) is 6.54 Å². The maximum atomic E-state index is 11.8. The molecule has 1 fully saturated rings. The van der Waals surface area contributed by atoms with Crippen molar-refractivity contribution in [3.8, 4) is 0 Å². The molecular formula is C10H19N3O4. The van der Waals surface area contributed by atoms with Crippen LogP contribution in [-0.4, -0.2) is 53.4 Å². The van der Waals surface area contributed by atoms with Gasteiger partial charge in [0.2, 0.25) is 0 Å². The number of hydrogen-bond donors (Lipinski definition) is 2. The molecule has 1 aliphatic heterocycles. The maximum absolute atomic E-state index is 11.8. The van der Waals surface area contributed by atoms with E-state index in [1.54, 1.807) is 20.8 Å². The first-order valence-corrected chi connectivity index (χ1v) is 5.40. The molecule has 1 heterocycles. The van der Waals surface area contributed by atoms with Gasteiger partial charge in [-0.1, -0.05) is 5.16 Å². The highest BCUT2D eigenvalue weighted by Crippen LogP contribution is 2.13. The summed E-state index contributed by atoms with van der Waals surface area (Å²) in [7, 11) is 0. The van der Waals surface area contributed by atoms with Crippen LogP contribution in [0, 0.1) is 0 Å². The van der Waals surface area contributed by atoms with Crippen molar-refractivity contribution in [3.05, 3.63) is 0 Å². The van der Waals surface area contributed by atoms with Gasteiger partial charge >= 0.3 is 6.09 Å². The van der Waals surface area contributed by atoms with Crippen LogP contribution in [0.25, 0.3) is 0 Å². The third kappa shape index (κ3) is 4.10. The minimum absolute atomic E-state index is 0.0433. The van der Waals surface area contributed by atoms with Crippen molar-refractivity contribution in [1.29, 1.82) is 0 Å². The SMILES string of the molecule is CC(C)(C)OC(=O)N1CCOC(C(N)=NO)C1. The van der Waals surface area contributed by atoms with E-state index < -0.39 is 17.8 Å². The fourth-order valence-electron chi connectivity index (χ4n) is 1.38. The van der Waals surface area contributed by atoms with Gasteiger partial charge < -0.3 is 25.3 Å². The lowest BCUT2D eigenvalue weighted by atomic mass is 10.2. The summed E-state index contributed by atoms with van der Waals surface area (Å²) in [5.74, 6) is -0.0433. The van der Waals surface area contributed by atoms with Gasteiger partial charge in [0.05, 0.1) is 13.2 Å². The fourth-order valence-corrected chi connectivity index (χ4v) is 1.38. The maximum Gasteiger partial charge on any atom is 0.410 e. The van der Waals surface area contributed by atoms with E-state index in [2.05, 4.69) is 5.16 Å². The van der Waals surface area contributed by atoms with Crippen LogP contribution >= 0.6 is 0 Å². The molecule has 1 saturated heterocycles. The second-order valence-corrected chi connectivity index (χ2v) is 4.81. The summed E-state index contributed by atoms with van der Waals surface area (Å²) in [6.45, 7) is 6.39. The van der Waals surface area contributed by atoms with Crippen molar-refractivity contribution >= 4 is 11.9 Å². The van der Waals surface area contributed by atoms with E-state index in [0.717, 1.165) is 0 Å². The molecule has 17 heavy (non-hydrogen) atoms. The molecule has 3 N–H and O–H groups in total. The lowest BCUT2D eigenvalue weighted by molar-refractivity contribution is -0.0218. The Morgan fingerprint density at radius 1 is 1.59 bits per heavy atom. The van der Waals surface area contributed by atoms with Crippen molar-refractivity contribution < 1.29 is 19.5 Å². The number of amides is 1. The van der Waals surface area contributed by atoms with Crippen molar-refractivity contribution in [1.82, 2.24) is 4.90 Å². The number of carbonyl (C=O) groups is 1. The standard InChI is InChI=1S/C10H19N3O4/c1-10(2,3)17-9(14)13-4-5-16-7(6-13)8(11)12-15/h7,15H,4-6H2,1-3H3,(H2,11,12). The summed E-state index contributed by atoms with van der Waals surface area (Å²) < 4.78 is 10.5. The van der Waals surface area contributed by atoms with Gasteiger partial charge in [-0.3, -0.25) is 0 Å². The van der Waals surface area contributed by atoms with E-state index in [1.807, 2.05) is 0 Å². The topological polar surface area (TPSA) is 97.4 Å². The van der Waals surface area contributed by atoms with Gasteiger partial charge in [0.15, 0.2) is 5.84 Å². The van der Waals surface area contributed by atoms with E-state index in [1.165, 1.54) is 4.90 Å². The second-order valence-electron chi connectivity index (χ2n) is 4.81. The number of amidine groups is 1. The predicted molar refractivity (Wildman–Crippen MR) is 61.0 cm³/mol. The van der Waals surface area contributed by atoms with Gasteiger partial charge in [-0.15, -0.1) is 0 Å². The molecule has 0 bridgehead atoms. The van der Waals surface area contributed by atoms with Gasteiger partial charge in [-0.05, 0) is 20.8 Å². The molecule has 0 aliphatic carbocycles. The van der Waals surface area contributed by atoms with Crippen molar-refractivity contribution in [2.75, 3.05) is 19.7 Å². The predicted octanol–water partition coefficient (Wildman–Crippen LogP) is 0.369. The van der Waals surface area contributed by atoms with Crippen LogP contribution in [0.2, 0.25) is 0 Å². The number of morpholine rings is 1. The average Bonchev–Trinajstić information content (AvgIpc) is 2.26. The molecule has 0 saturated carbocycles. The Morgan fingerprint density at radius 3 is 2.76 bits per heavy atom. The van der Waals surface area contributed by atoms with E-state index in [9.17, 15) is 4.79 Å². The van der Waals surface area contributed by atoms with Gasteiger partial charge in [-0.25, -0.2) is 4.79 Å². The Labute approximate surface area is 100 Å². The Hall–Kier alpha value is -1.50. The minimum Gasteiger partial charge on any atom is -0.444 e. The first kappa shape index (κ1) is 13.6. The summed E-state index contributed by atoms with van der Waals surface area (Å²) in [5.41, 5.74) is 4.89. The Morgan fingerprint density at radius 2 is 2.24 bits per heavy atom. The molecule has 1 unspecified atom stereocenters. The lowest BCUT2D eigenvalue weighted by Crippen LogP contribution is -2.51. The highest BCUT2D eigenvalue weighted by Gasteiger charge is 2.29. The Balaban J connectivity index is 2.58. The molecule has 0 radical (unpaired) electrons. The quantitative estimate of drug-likeness (QED) is 0.301. The molecule has 98 valence electrons. The lowest BCUT2D eigenvalue weighted by Gasteiger charge is -2.33. The zero-order valence-electron chi connectivity index (χ0n) is 10.3. The first-order valence-electron chi connectivity index (χ1n) is 5.40. The Kier molecular flexibility index (Phi) is 4.17. The van der Waals surface area contributed by atoms with Crippen LogP contribution in [-0.2, 0) is 9.47 Å². The van der Waals surface area contributed by atoms with Crippen LogP contribution in [0.4, 0.5) is 4.79 Å². The number of carbonyl (C=O) groups excluding carboxylic acids is 1. The van der Waals surface area contributed by atoms with Crippen molar-refractivity contribution in [2.24, 2.45) is 10.9 Å². The molecule has 0 aromatic heterocycles. The highest BCUT2D eigenvalue weighted by molar-refractivity contribution is 5.85. The third-order valence-corrected chi connectivity index (χ3v) is 2.16. The van der Waals surface area contributed by atoms with Crippen LogP contribution in [0.1, 0.15) is 20.8 Å². The fraction of sp³-hybridized carbons (Fsp3) is 0.800. The molecule has 0 spiro atoms. The van der Waals surface area contributed by atoms with Gasteiger partial charge in [0.25, 0.3) is 0 Å². The van der Waals surface area contributed by atoms with Crippen LogP contribution in [0.5, 0.6) is 0 Å².